The molecule has 1 aliphatic rings. The van der Waals surface area contributed by atoms with Gasteiger partial charge in [0.1, 0.15) is 6.17 Å². The van der Waals surface area contributed by atoms with Gasteiger partial charge in [-0.2, -0.15) is 5.26 Å². The lowest BCUT2D eigenvalue weighted by molar-refractivity contribution is 0.281. The average Bonchev–Trinajstić information content (AvgIpc) is 2.13. The molecule has 3 heteroatoms. The summed E-state index contributed by atoms with van der Waals surface area (Å²) in [6.45, 7) is 1.22. The highest BCUT2D eigenvalue weighted by Gasteiger charge is 2.29. The zero-order chi connectivity index (χ0) is 7.56. The number of nitrogens with zero attached hydrogens (tertiary/aromatic N) is 2. The third-order valence-electron chi connectivity index (χ3n) is 1.90. The first-order valence-electron chi connectivity index (χ1n) is 3.43. The van der Waals surface area contributed by atoms with E-state index in [2.05, 4.69) is 0 Å². The molecule has 1 aliphatic heterocycles. The smallest absolute Gasteiger partial charge is 0.118 e. The zero-order valence-electron chi connectivity index (χ0n) is 6.05. The van der Waals surface area contributed by atoms with Crippen LogP contribution in [-0.4, -0.2) is 31.2 Å². The summed E-state index contributed by atoms with van der Waals surface area (Å²) in [5, 5.41) is 8.30. The fourth-order valence-electron chi connectivity index (χ4n) is 1.35. The van der Waals surface area contributed by atoms with E-state index in [0.29, 0.717) is 13.0 Å². The molecule has 10 heavy (non-hydrogen) atoms. The summed E-state index contributed by atoms with van der Waals surface area (Å²) < 4.78 is 12.8. The summed E-state index contributed by atoms with van der Waals surface area (Å²) in [5.41, 5.74) is 0. The van der Waals surface area contributed by atoms with E-state index in [9.17, 15) is 4.39 Å². The predicted octanol–water partition coefficient (Wildman–Crippen LogP) is 0.800. The van der Waals surface area contributed by atoms with Crippen LogP contribution in [0.2, 0.25) is 0 Å². The second-order valence-electron chi connectivity index (χ2n) is 2.86. The van der Waals surface area contributed by atoms with Gasteiger partial charge in [-0.3, -0.25) is 0 Å². The Morgan fingerprint density at radius 3 is 2.80 bits per heavy atom. The number of hydrogen-bond donors (Lipinski definition) is 0. The predicted molar refractivity (Wildman–Crippen MR) is 36.1 cm³/mol. The number of rotatable bonds is 1. The van der Waals surface area contributed by atoms with Gasteiger partial charge in [-0.05, 0) is 7.05 Å². The van der Waals surface area contributed by atoms with Crippen molar-refractivity contribution in [2.75, 3.05) is 20.1 Å². The van der Waals surface area contributed by atoms with Crippen LogP contribution in [0, 0.1) is 17.2 Å². The van der Waals surface area contributed by atoms with Crippen molar-refractivity contribution in [1.29, 1.82) is 5.26 Å². The van der Waals surface area contributed by atoms with E-state index >= 15 is 0 Å². The first-order chi connectivity index (χ1) is 4.74. The van der Waals surface area contributed by atoms with Gasteiger partial charge in [-0.1, -0.05) is 0 Å². The minimum atomic E-state index is -0.787. The Hall–Kier alpha value is -0.620. The van der Waals surface area contributed by atoms with Crippen LogP contribution in [0.15, 0.2) is 0 Å². The molecule has 0 aliphatic carbocycles. The van der Waals surface area contributed by atoms with E-state index in [1.54, 1.807) is 0 Å². The number of hydrogen-bond acceptors (Lipinski definition) is 2. The fourth-order valence-corrected chi connectivity index (χ4v) is 1.35. The van der Waals surface area contributed by atoms with Crippen molar-refractivity contribution in [3.8, 4) is 6.07 Å². The molecule has 0 N–H and O–H groups in total. The number of alkyl halides is 1. The summed E-state index contributed by atoms with van der Waals surface area (Å²) in [4.78, 5) is 1.92. The molecule has 56 valence electrons. The van der Waals surface area contributed by atoms with E-state index in [0.717, 1.165) is 6.54 Å². The minimum absolute atomic E-state index is 0.0463. The Bertz CT molecular complexity index is 152. The molecule has 1 fully saturated rings. The first kappa shape index (κ1) is 7.49. The molecule has 0 spiro atoms. The first-order valence-corrected chi connectivity index (χ1v) is 3.43. The summed E-state index contributed by atoms with van der Waals surface area (Å²) in [5.74, 6) is -0.0463. The van der Waals surface area contributed by atoms with Crippen molar-refractivity contribution in [3.63, 3.8) is 0 Å². The molecule has 0 aromatic rings. The maximum atomic E-state index is 12.8. The maximum Gasteiger partial charge on any atom is 0.118 e. The molecule has 1 rings (SSSR count). The van der Waals surface area contributed by atoms with Crippen LogP contribution in [-0.2, 0) is 0 Å². The summed E-state index contributed by atoms with van der Waals surface area (Å²) >= 11 is 0. The van der Waals surface area contributed by atoms with Crippen molar-refractivity contribution in [2.45, 2.75) is 12.6 Å². The molecule has 0 radical (unpaired) electrons. The Morgan fingerprint density at radius 2 is 2.40 bits per heavy atom. The van der Waals surface area contributed by atoms with E-state index in [1.165, 1.54) is 0 Å². The van der Waals surface area contributed by atoms with Crippen LogP contribution in [0.3, 0.4) is 0 Å². The lowest BCUT2D eigenvalue weighted by atomic mass is 10.0. The molecule has 0 saturated carbocycles. The average molecular weight is 142 g/mol. The van der Waals surface area contributed by atoms with Crippen LogP contribution in [0.1, 0.15) is 6.42 Å². The van der Waals surface area contributed by atoms with Gasteiger partial charge < -0.3 is 4.90 Å². The van der Waals surface area contributed by atoms with Gasteiger partial charge in [-0.15, -0.1) is 0 Å². The quantitative estimate of drug-likeness (QED) is 0.541. The molecule has 0 unspecified atom stereocenters. The highest BCUT2D eigenvalue weighted by atomic mass is 19.1. The van der Waals surface area contributed by atoms with Gasteiger partial charge in [0, 0.05) is 25.4 Å². The standard InChI is InChI=1S/C7H11FN2/c1-10-4-6(2-3-9)7(8)5-10/h6-7H,2,4-5H2,1H3/t6-,7-/m1/s1. The van der Waals surface area contributed by atoms with Gasteiger partial charge >= 0.3 is 0 Å². The third kappa shape index (κ3) is 1.45. The normalized spacial score (nSPS) is 34.1. The molecule has 0 bridgehead atoms. The highest BCUT2D eigenvalue weighted by Crippen LogP contribution is 2.20. The highest BCUT2D eigenvalue weighted by molar-refractivity contribution is 4.88. The Balaban J connectivity index is 2.40. The summed E-state index contributed by atoms with van der Waals surface area (Å²) in [6.07, 6.45) is -0.435. The van der Waals surface area contributed by atoms with Gasteiger partial charge in [-0.25, -0.2) is 4.39 Å². The van der Waals surface area contributed by atoms with E-state index in [1.807, 2.05) is 18.0 Å². The number of likely N-dealkylation sites (tertiary alicyclic amines) is 1. The van der Waals surface area contributed by atoms with Gasteiger partial charge in [0.05, 0.1) is 6.07 Å². The molecular weight excluding hydrogens is 131 g/mol. The second kappa shape index (κ2) is 2.98. The van der Waals surface area contributed by atoms with Crippen LogP contribution in [0.25, 0.3) is 0 Å². The van der Waals surface area contributed by atoms with Crippen molar-refractivity contribution < 1.29 is 4.39 Å². The van der Waals surface area contributed by atoms with Crippen LogP contribution < -0.4 is 0 Å². The number of nitriles is 1. The molecule has 2 nitrogen and oxygen atoms in total. The third-order valence-corrected chi connectivity index (χ3v) is 1.90. The van der Waals surface area contributed by atoms with Crippen LogP contribution in [0.4, 0.5) is 4.39 Å². The number of halogens is 1. The second-order valence-corrected chi connectivity index (χ2v) is 2.86. The van der Waals surface area contributed by atoms with Crippen molar-refractivity contribution in [3.05, 3.63) is 0 Å². The van der Waals surface area contributed by atoms with Gasteiger partial charge in [0.15, 0.2) is 0 Å². The van der Waals surface area contributed by atoms with Crippen LogP contribution in [0.5, 0.6) is 0 Å². The zero-order valence-corrected chi connectivity index (χ0v) is 6.05. The molecule has 2 atom stereocenters. The monoisotopic (exact) mass is 142 g/mol. The van der Waals surface area contributed by atoms with Crippen molar-refractivity contribution >= 4 is 0 Å². The van der Waals surface area contributed by atoms with E-state index in [-0.39, 0.29) is 5.92 Å². The molecule has 0 aromatic carbocycles. The fraction of sp³-hybridized carbons (Fsp3) is 0.857. The topological polar surface area (TPSA) is 27.0 Å². The molecule has 0 aromatic heterocycles. The van der Waals surface area contributed by atoms with Gasteiger partial charge in [0.2, 0.25) is 0 Å². The van der Waals surface area contributed by atoms with E-state index < -0.39 is 6.17 Å². The molecule has 1 saturated heterocycles. The minimum Gasteiger partial charge on any atom is -0.303 e. The maximum absolute atomic E-state index is 12.8. The molecule has 0 amide bonds. The molecule has 1 heterocycles. The van der Waals surface area contributed by atoms with E-state index in [4.69, 9.17) is 5.26 Å². The molecular formula is C7H11FN2. The van der Waals surface area contributed by atoms with Crippen LogP contribution >= 0.6 is 0 Å². The lowest BCUT2D eigenvalue weighted by Gasteiger charge is -2.04. The van der Waals surface area contributed by atoms with Crippen molar-refractivity contribution in [2.24, 2.45) is 5.92 Å². The van der Waals surface area contributed by atoms with Crippen molar-refractivity contribution in [1.82, 2.24) is 4.90 Å². The largest absolute Gasteiger partial charge is 0.303 e. The SMILES string of the molecule is CN1C[C@@H](CC#N)[C@H](F)C1. The van der Waals surface area contributed by atoms with Gasteiger partial charge in [0.25, 0.3) is 0 Å². The lowest BCUT2D eigenvalue weighted by Crippen LogP contribution is -2.13. The Kier molecular flexibility index (Phi) is 2.23. The Morgan fingerprint density at radius 1 is 1.70 bits per heavy atom. The summed E-state index contributed by atoms with van der Waals surface area (Å²) in [7, 11) is 1.88. The summed E-state index contributed by atoms with van der Waals surface area (Å²) in [6, 6.07) is 1.99. The Labute approximate surface area is 60.2 Å².